The third-order valence-corrected chi connectivity index (χ3v) is 7.73. The molecule has 0 aliphatic carbocycles. The molecule has 7 heteroatoms. The van der Waals surface area contributed by atoms with Gasteiger partial charge in [0.05, 0.1) is 13.7 Å². The van der Waals surface area contributed by atoms with E-state index in [1.807, 2.05) is 29.2 Å². The summed E-state index contributed by atoms with van der Waals surface area (Å²) in [5.74, 6) is 0.761. The number of carbonyl (C=O) groups excluding carboxylic acids is 2. The number of hydrogen-bond donors (Lipinski definition) is 2. The van der Waals surface area contributed by atoms with Crippen LogP contribution in [0.15, 0.2) is 77.7 Å². The minimum Gasteiger partial charge on any atom is -0.496 e. The van der Waals surface area contributed by atoms with Gasteiger partial charge in [0.25, 0.3) is 0 Å². The number of piperidine rings is 1. The lowest BCUT2D eigenvalue weighted by atomic mass is 9.85. The molecule has 0 saturated carbocycles. The zero-order valence-electron chi connectivity index (χ0n) is 21.7. The minimum absolute atomic E-state index is 0.0381. The van der Waals surface area contributed by atoms with Gasteiger partial charge in [-0.1, -0.05) is 54.6 Å². The van der Waals surface area contributed by atoms with Crippen LogP contribution in [0.25, 0.3) is 11.1 Å². The number of likely N-dealkylation sites (tertiary alicyclic amines) is 1. The average molecular weight is 518 g/mol. The number of carbonyl (C=O) groups is 2. The van der Waals surface area contributed by atoms with E-state index >= 15 is 0 Å². The van der Waals surface area contributed by atoms with E-state index in [0.717, 1.165) is 17.7 Å². The van der Waals surface area contributed by atoms with E-state index in [-0.39, 0.29) is 30.3 Å². The molecule has 1 aliphatic rings. The first-order chi connectivity index (χ1) is 18.0. The van der Waals surface area contributed by atoms with E-state index in [0.29, 0.717) is 19.6 Å². The number of nitrogens with zero attached hydrogens (tertiary/aromatic N) is 1. The summed E-state index contributed by atoms with van der Waals surface area (Å²) in [4.78, 5) is 27.1. The maximum absolute atomic E-state index is 12.7. The van der Waals surface area contributed by atoms with Gasteiger partial charge >= 0.3 is 0 Å². The molecule has 1 saturated heterocycles. The van der Waals surface area contributed by atoms with Crippen LogP contribution in [0.5, 0.6) is 5.75 Å². The van der Waals surface area contributed by atoms with E-state index in [2.05, 4.69) is 65.4 Å². The highest BCUT2D eigenvalue weighted by atomic mass is 32.2. The first-order valence-electron chi connectivity index (χ1n) is 12.6. The minimum atomic E-state index is -0.194. The molecule has 3 aromatic rings. The molecule has 2 atom stereocenters. The zero-order valence-corrected chi connectivity index (χ0v) is 22.5. The van der Waals surface area contributed by atoms with Gasteiger partial charge in [-0.2, -0.15) is 0 Å². The molecule has 4 rings (SSSR count). The van der Waals surface area contributed by atoms with Crippen molar-refractivity contribution in [3.63, 3.8) is 0 Å². The molecule has 2 N–H and O–H groups in total. The Morgan fingerprint density at radius 2 is 1.81 bits per heavy atom. The predicted octanol–water partition coefficient (Wildman–Crippen LogP) is 4.69. The Labute approximate surface area is 223 Å². The van der Waals surface area contributed by atoms with Gasteiger partial charge in [0.2, 0.25) is 11.8 Å². The Morgan fingerprint density at radius 3 is 2.54 bits per heavy atom. The summed E-state index contributed by atoms with van der Waals surface area (Å²) >= 11 is 1.75. The standard InChI is InChI=1S/C30H35N3O3S/c1-21(34)31-19-30(35)33-16-15-27(26(20-33)22-9-5-4-6-10-22)32-18-24-17-23(13-14-28(24)36-2)25-11-7-8-12-29(25)37-3/h4-14,17,26-27,32H,15-16,18-20H2,1-3H3,(H,31,34)/t26-,27-/m0/s1. The van der Waals surface area contributed by atoms with Crippen molar-refractivity contribution in [3.8, 4) is 16.9 Å². The lowest BCUT2D eigenvalue weighted by Crippen LogP contribution is -2.51. The second-order valence-corrected chi connectivity index (χ2v) is 10.1. The fourth-order valence-corrected chi connectivity index (χ4v) is 5.60. The van der Waals surface area contributed by atoms with Gasteiger partial charge in [-0.15, -0.1) is 11.8 Å². The molecule has 1 heterocycles. The molecule has 0 aromatic heterocycles. The summed E-state index contributed by atoms with van der Waals surface area (Å²) in [6.07, 6.45) is 2.92. The molecular formula is C30H35N3O3S. The highest BCUT2D eigenvalue weighted by Crippen LogP contribution is 2.34. The normalized spacial score (nSPS) is 17.3. The maximum atomic E-state index is 12.7. The number of methoxy groups -OCH3 is 1. The highest BCUT2D eigenvalue weighted by Gasteiger charge is 2.32. The van der Waals surface area contributed by atoms with Gasteiger partial charge in [-0.3, -0.25) is 9.59 Å². The van der Waals surface area contributed by atoms with Crippen molar-refractivity contribution in [2.45, 2.75) is 36.7 Å². The number of hydrogen-bond acceptors (Lipinski definition) is 5. The number of thioether (sulfide) groups is 1. The van der Waals surface area contributed by atoms with Crippen LogP contribution in [0, 0.1) is 0 Å². The van der Waals surface area contributed by atoms with E-state index in [1.54, 1.807) is 18.9 Å². The van der Waals surface area contributed by atoms with Crippen LogP contribution in [-0.4, -0.2) is 55.8 Å². The van der Waals surface area contributed by atoms with E-state index < -0.39 is 0 Å². The van der Waals surface area contributed by atoms with Crippen LogP contribution in [-0.2, 0) is 16.1 Å². The number of ether oxygens (including phenoxy) is 1. The molecule has 1 fully saturated rings. The Kier molecular flexibility index (Phi) is 9.25. The molecule has 0 radical (unpaired) electrons. The Balaban J connectivity index is 1.53. The van der Waals surface area contributed by atoms with Crippen molar-refractivity contribution in [1.29, 1.82) is 0 Å². The summed E-state index contributed by atoms with van der Waals surface area (Å²) in [6, 6.07) is 25.4. The summed E-state index contributed by atoms with van der Waals surface area (Å²) in [7, 11) is 1.71. The largest absolute Gasteiger partial charge is 0.496 e. The molecule has 37 heavy (non-hydrogen) atoms. The summed E-state index contributed by atoms with van der Waals surface area (Å²) < 4.78 is 5.71. The molecule has 0 unspecified atom stereocenters. The predicted molar refractivity (Wildman–Crippen MR) is 150 cm³/mol. The number of rotatable bonds is 9. The Bertz CT molecular complexity index is 1220. The van der Waals surface area contributed by atoms with Crippen molar-refractivity contribution in [1.82, 2.24) is 15.5 Å². The van der Waals surface area contributed by atoms with E-state index in [1.165, 1.54) is 28.5 Å². The quantitative estimate of drug-likeness (QED) is 0.403. The van der Waals surface area contributed by atoms with Crippen LogP contribution in [0.2, 0.25) is 0 Å². The van der Waals surface area contributed by atoms with Crippen molar-refractivity contribution in [2.24, 2.45) is 0 Å². The van der Waals surface area contributed by atoms with Gasteiger partial charge in [-0.05, 0) is 47.6 Å². The van der Waals surface area contributed by atoms with Crippen LogP contribution < -0.4 is 15.4 Å². The Morgan fingerprint density at radius 1 is 1.05 bits per heavy atom. The van der Waals surface area contributed by atoms with E-state index in [4.69, 9.17) is 4.74 Å². The number of benzene rings is 3. The topological polar surface area (TPSA) is 70.7 Å². The molecule has 194 valence electrons. The van der Waals surface area contributed by atoms with Crippen molar-refractivity contribution in [2.75, 3.05) is 33.0 Å². The van der Waals surface area contributed by atoms with Crippen LogP contribution in [0.1, 0.15) is 30.4 Å². The zero-order chi connectivity index (χ0) is 26.2. The first kappa shape index (κ1) is 26.8. The van der Waals surface area contributed by atoms with Gasteiger partial charge in [0.1, 0.15) is 5.75 Å². The van der Waals surface area contributed by atoms with Gasteiger partial charge in [-0.25, -0.2) is 0 Å². The third-order valence-electron chi connectivity index (χ3n) is 6.93. The second-order valence-electron chi connectivity index (χ2n) is 9.27. The van der Waals surface area contributed by atoms with Crippen molar-refractivity contribution in [3.05, 3.63) is 83.9 Å². The summed E-state index contributed by atoms with van der Waals surface area (Å²) in [5, 5.41) is 6.42. The molecule has 0 spiro atoms. The molecule has 2 amide bonds. The van der Waals surface area contributed by atoms with Crippen LogP contribution in [0.3, 0.4) is 0 Å². The SMILES string of the molecule is COc1ccc(-c2ccccc2SC)cc1CN[C@H]1CCN(C(=O)CNC(C)=O)C[C@H]1c1ccccc1. The van der Waals surface area contributed by atoms with E-state index in [9.17, 15) is 9.59 Å². The lowest BCUT2D eigenvalue weighted by molar-refractivity contribution is -0.133. The van der Waals surface area contributed by atoms with Gasteiger partial charge < -0.3 is 20.3 Å². The third kappa shape index (κ3) is 6.73. The number of amides is 2. The summed E-state index contributed by atoms with van der Waals surface area (Å²) in [5.41, 5.74) is 4.69. The fourth-order valence-electron chi connectivity index (χ4n) is 4.98. The van der Waals surface area contributed by atoms with Gasteiger partial charge in [0, 0.05) is 49.0 Å². The molecule has 1 aliphatic heterocycles. The Hall–Kier alpha value is -3.29. The average Bonchev–Trinajstić information content (AvgIpc) is 2.95. The first-order valence-corrected chi connectivity index (χ1v) is 13.8. The molecule has 0 bridgehead atoms. The smallest absolute Gasteiger partial charge is 0.241 e. The molecule has 6 nitrogen and oxygen atoms in total. The second kappa shape index (κ2) is 12.8. The van der Waals surface area contributed by atoms with Gasteiger partial charge in [0.15, 0.2) is 0 Å². The maximum Gasteiger partial charge on any atom is 0.241 e. The fraction of sp³-hybridized carbons (Fsp3) is 0.333. The van der Waals surface area contributed by atoms with Crippen molar-refractivity contribution >= 4 is 23.6 Å². The van der Waals surface area contributed by atoms with Crippen LogP contribution in [0.4, 0.5) is 0 Å². The highest BCUT2D eigenvalue weighted by molar-refractivity contribution is 7.98. The van der Waals surface area contributed by atoms with Crippen molar-refractivity contribution < 1.29 is 14.3 Å². The molecular weight excluding hydrogens is 482 g/mol. The lowest BCUT2D eigenvalue weighted by Gasteiger charge is -2.39. The number of nitrogens with one attached hydrogen (secondary N) is 2. The summed E-state index contributed by atoms with van der Waals surface area (Å²) in [6.45, 7) is 3.39. The molecule has 3 aromatic carbocycles. The monoisotopic (exact) mass is 517 g/mol. The van der Waals surface area contributed by atoms with Crippen LogP contribution >= 0.6 is 11.8 Å².